The molecule has 0 radical (unpaired) electrons. The second kappa shape index (κ2) is 5.64. The molecule has 0 spiro atoms. The molecule has 23 heavy (non-hydrogen) atoms. The SMILES string of the molecule is COC(=O)[C@@H]1[C@H](c2ccc3ccccc3c2)C[C@H]2CC[C@@H]1N2C. The molecule has 2 saturated heterocycles. The van der Waals surface area contributed by atoms with E-state index in [0.29, 0.717) is 12.1 Å². The highest BCUT2D eigenvalue weighted by atomic mass is 16.5. The fraction of sp³-hybridized carbons (Fsp3) is 0.450. The molecule has 2 fully saturated rings. The Hall–Kier alpha value is -1.87. The van der Waals surface area contributed by atoms with Crippen molar-refractivity contribution in [2.24, 2.45) is 5.92 Å². The van der Waals surface area contributed by atoms with Gasteiger partial charge < -0.3 is 4.74 Å². The summed E-state index contributed by atoms with van der Waals surface area (Å²) in [6.45, 7) is 0. The summed E-state index contributed by atoms with van der Waals surface area (Å²) in [7, 11) is 3.68. The van der Waals surface area contributed by atoms with Crippen LogP contribution >= 0.6 is 0 Å². The average Bonchev–Trinajstić information content (AvgIpc) is 2.83. The summed E-state index contributed by atoms with van der Waals surface area (Å²) in [6, 6.07) is 16.0. The highest BCUT2D eigenvalue weighted by Crippen LogP contribution is 2.46. The lowest BCUT2D eigenvalue weighted by molar-refractivity contribution is -0.150. The fourth-order valence-corrected chi connectivity index (χ4v) is 4.71. The van der Waals surface area contributed by atoms with Gasteiger partial charge in [0.2, 0.25) is 0 Å². The molecule has 120 valence electrons. The van der Waals surface area contributed by atoms with E-state index < -0.39 is 0 Å². The third-order valence-electron chi connectivity index (χ3n) is 5.94. The van der Waals surface area contributed by atoms with Crippen molar-refractivity contribution >= 4 is 16.7 Å². The first kappa shape index (κ1) is 14.7. The zero-order valence-electron chi connectivity index (χ0n) is 13.7. The zero-order valence-corrected chi connectivity index (χ0v) is 13.7. The number of benzene rings is 2. The molecule has 2 aromatic rings. The third kappa shape index (κ3) is 2.34. The number of ether oxygens (including phenoxy) is 1. The van der Waals surface area contributed by atoms with Crippen LogP contribution in [-0.2, 0) is 9.53 Å². The second-order valence-electron chi connectivity index (χ2n) is 6.96. The van der Waals surface area contributed by atoms with Gasteiger partial charge in [0, 0.05) is 18.0 Å². The maximum atomic E-state index is 12.5. The number of hydrogen-bond donors (Lipinski definition) is 0. The van der Waals surface area contributed by atoms with E-state index in [1.165, 1.54) is 29.9 Å². The van der Waals surface area contributed by atoms with Crippen molar-refractivity contribution in [3.05, 3.63) is 48.0 Å². The van der Waals surface area contributed by atoms with Crippen molar-refractivity contribution in [2.45, 2.75) is 37.3 Å². The molecular weight excluding hydrogens is 286 g/mol. The molecule has 0 unspecified atom stereocenters. The lowest BCUT2D eigenvalue weighted by atomic mass is 9.76. The van der Waals surface area contributed by atoms with Gasteiger partial charge in [0.25, 0.3) is 0 Å². The van der Waals surface area contributed by atoms with E-state index in [9.17, 15) is 4.79 Å². The van der Waals surface area contributed by atoms with Crippen LogP contribution in [0.3, 0.4) is 0 Å². The minimum Gasteiger partial charge on any atom is -0.469 e. The summed E-state index contributed by atoms with van der Waals surface area (Å²) in [6.07, 6.45) is 3.34. The Morgan fingerprint density at radius 1 is 1.13 bits per heavy atom. The topological polar surface area (TPSA) is 29.5 Å². The summed E-state index contributed by atoms with van der Waals surface area (Å²) in [4.78, 5) is 14.9. The molecule has 0 amide bonds. The van der Waals surface area contributed by atoms with Gasteiger partial charge in [-0.2, -0.15) is 0 Å². The monoisotopic (exact) mass is 309 g/mol. The molecule has 2 aliphatic heterocycles. The van der Waals surface area contributed by atoms with E-state index in [0.717, 1.165) is 12.8 Å². The van der Waals surface area contributed by atoms with Gasteiger partial charge in [-0.05, 0) is 42.6 Å². The fourth-order valence-electron chi connectivity index (χ4n) is 4.71. The van der Waals surface area contributed by atoms with E-state index in [1.54, 1.807) is 0 Å². The van der Waals surface area contributed by atoms with E-state index in [-0.39, 0.29) is 17.8 Å². The van der Waals surface area contributed by atoms with Crippen LogP contribution in [0.15, 0.2) is 42.5 Å². The summed E-state index contributed by atoms with van der Waals surface area (Å²) in [5, 5.41) is 2.50. The van der Waals surface area contributed by atoms with Gasteiger partial charge in [0.15, 0.2) is 0 Å². The van der Waals surface area contributed by atoms with Crippen LogP contribution in [0.25, 0.3) is 10.8 Å². The van der Waals surface area contributed by atoms with Crippen LogP contribution in [0.1, 0.15) is 30.7 Å². The summed E-state index contributed by atoms with van der Waals surface area (Å²) >= 11 is 0. The van der Waals surface area contributed by atoms with Crippen LogP contribution in [0.2, 0.25) is 0 Å². The largest absolute Gasteiger partial charge is 0.469 e. The predicted molar refractivity (Wildman–Crippen MR) is 91.4 cm³/mol. The Bertz CT molecular complexity index is 741. The molecule has 2 heterocycles. The van der Waals surface area contributed by atoms with E-state index in [1.807, 2.05) is 0 Å². The van der Waals surface area contributed by atoms with Gasteiger partial charge in [0.1, 0.15) is 0 Å². The van der Waals surface area contributed by atoms with Crippen LogP contribution in [0.5, 0.6) is 0 Å². The summed E-state index contributed by atoms with van der Waals surface area (Å²) in [5.41, 5.74) is 1.28. The molecular formula is C20H23NO2. The number of hydrogen-bond acceptors (Lipinski definition) is 3. The van der Waals surface area contributed by atoms with E-state index in [4.69, 9.17) is 4.74 Å². The molecule has 0 aromatic heterocycles. The number of carbonyl (C=O) groups is 1. The molecule has 4 rings (SSSR count). The normalized spacial score (nSPS) is 30.5. The van der Waals surface area contributed by atoms with Crippen molar-refractivity contribution < 1.29 is 9.53 Å². The zero-order chi connectivity index (χ0) is 16.0. The standard InChI is InChI=1S/C20H23NO2/c1-21-16-9-10-18(21)19(20(22)23-2)17(12-16)15-8-7-13-5-3-4-6-14(13)11-15/h3-8,11,16-19H,9-10,12H2,1-2H3/t16-,17+,18+,19-/m1/s1. The number of piperidine rings is 1. The number of carbonyl (C=O) groups excluding carboxylic acids is 1. The van der Waals surface area contributed by atoms with Crippen LogP contribution in [-0.4, -0.2) is 37.1 Å². The Morgan fingerprint density at radius 3 is 2.70 bits per heavy atom. The molecule has 4 atom stereocenters. The number of esters is 1. The first-order valence-corrected chi connectivity index (χ1v) is 8.47. The molecule has 0 aliphatic carbocycles. The second-order valence-corrected chi connectivity index (χ2v) is 6.96. The van der Waals surface area contributed by atoms with Gasteiger partial charge in [-0.15, -0.1) is 0 Å². The Labute approximate surface area is 137 Å². The summed E-state index contributed by atoms with van der Waals surface area (Å²) < 4.78 is 5.16. The minimum atomic E-state index is -0.0552. The average molecular weight is 309 g/mol. The molecule has 2 aromatic carbocycles. The van der Waals surface area contributed by atoms with Crippen LogP contribution < -0.4 is 0 Å². The molecule has 3 heteroatoms. The minimum absolute atomic E-state index is 0.0510. The molecule has 0 N–H and O–H groups in total. The highest BCUT2D eigenvalue weighted by molar-refractivity contribution is 5.83. The third-order valence-corrected chi connectivity index (χ3v) is 5.94. The molecule has 3 nitrogen and oxygen atoms in total. The number of methoxy groups -OCH3 is 1. The number of rotatable bonds is 2. The molecule has 0 saturated carbocycles. The first-order chi connectivity index (χ1) is 11.2. The Morgan fingerprint density at radius 2 is 1.91 bits per heavy atom. The van der Waals surface area contributed by atoms with Crippen LogP contribution in [0.4, 0.5) is 0 Å². The number of fused-ring (bicyclic) bond motifs is 3. The molecule has 2 bridgehead atoms. The first-order valence-electron chi connectivity index (χ1n) is 8.47. The van der Waals surface area contributed by atoms with Crippen molar-refractivity contribution in [1.29, 1.82) is 0 Å². The van der Waals surface area contributed by atoms with Crippen molar-refractivity contribution in [3.8, 4) is 0 Å². The maximum Gasteiger partial charge on any atom is 0.310 e. The van der Waals surface area contributed by atoms with Gasteiger partial charge in [-0.3, -0.25) is 9.69 Å². The predicted octanol–water partition coefficient (Wildman–Crippen LogP) is 3.58. The lowest BCUT2D eigenvalue weighted by Crippen LogP contribution is -2.49. The maximum absolute atomic E-state index is 12.5. The van der Waals surface area contributed by atoms with Crippen molar-refractivity contribution in [3.63, 3.8) is 0 Å². The van der Waals surface area contributed by atoms with Gasteiger partial charge in [0.05, 0.1) is 13.0 Å². The highest BCUT2D eigenvalue weighted by Gasteiger charge is 2.49. The quantitative estimate of drug-likeness (QED) is 0.794. The van der Waals surface area contributed by atoms with Gasteiger partial charge >= 0.3 is 5.97 Å². The van der Waals surface area contributed by atoms with Crippen molar-refractivity contribution in [2.75, 3.05) is 14.2 Å². The summed E-state index contributed by atoms with van der Waals surface area (Å²) in [5.74, 6) is 0.158. The number of nitrogens with zero attached hydrogens (tertiary/aromatic N) is 1. The lowest BCUT2D eigenvalue weighted by Gasteiger charge is -2.41. The molecule has 2 aliphatic rings. The Balaban J connectivity index is 1.76. The smallest absolute Gasteiger partial charge is 0.310 e. The van der Waals surface area contributed by atoms with E-state index in [2.05, 4.69) is 54.4 Å². The van der Waals surface area contributed by atoms with Crippen LogP contribution in [0, 0.1) is 5.92 Å². The van der Waals surface area contributed by atoms with Crippen molar-refractivity contribution in [1.82, 2.24) is 4.90 Å². The Kier molecular flexibility index (Phi) is 3.61. The van der Waals surface area contributed by atoms with Gasteiger partial charge in [-0.1, -0.05) is 42.5 Å². The van der Waals surface area contributed by atoms with E-state index >= 15 is 0 Å². The van der Waals surface area contributed by atoms with Gasteiger partial charge in [-0.25, -0.2) is 0 Å².